The molecule has 11 nitrogen and oxygen atoms in total. The molecule has 2 saturated heterocycles. The second-order valence-corrected chi connectivity index (χ2v) is 9.68. The van der Waals surface area contributed by atoms with Crippen molar-refractivity contribution in [3.8, 4) is 5.82 Å². The highest BCUT2D eigenvalue weighted by Crippen LogP contribution is 2.25. The average Bonchev–Trinajstić information content (AvgIpc) is 3.28. The Morgan fingerprint density at radius 1 is 0.949 bits per heavy atom. The van der Waals surface area contributed by atoms with E-state index in [-0.39, 0.29) is 17.3 Å². The normalized spacial score (nSPS) is 16.5. The fourth-order valence-electron chi connectivity index (χ4n) is 5.24. The highest BCUT2D eigenvalue weighted by molar-refractivity contribution is 6.04. The number of carbonyl (C=O) groups is 1. The van der Waals surface area contributed by atoms with Crippen molar-refractivity contribution in [2.24, 2.45) is 0 Å². The van der Waals surface area contributed by atoms with E-state index in [4.69, 9.17) is 4.74 Å². The minimum Gasteiger partial charge on any atom is -0.379 e. The molecule has 202 valence electrons. The lowest BCUT2D eigenvalue weighted by Crippen LogP contribution is -2.43. The van der Waals surface area contributed by atoms with Crippen LogP contribution in [0.15, 0.2) is 65.7 Å². The summed E-state index contributed by atoms with van der Waals surface area (Å²) >= 11 is 0. The number of anilines is 2. The molecule has 0 radical (unpaired) electrons. The number of rotatable bonds is 7. The lowest BCUT2D eigenvalue weighted by atomic mass is 10.2. The van der Waals surface area contributed by atoms with E-state index >= 15 is 0 Å². The molecule has 0 aliphatic carbocycles. The Kier molecular flexibility index (Phi) is 7.35. The number of hydrogen-bond donors (Lipinski definition) is 2. The molecule has 39 heavy (non-hydrogen) atoms. The number of fused-ring (bicyclic) bond motifs is 1. The predicted molar refractivity (Wildman–Crippen MR) is 150 cm³/mol. The highest BCUT2D eigenvalue weighted by atomic mass is 16.5. The number of para-hydroxylation sites is 2. The summed E-state index contributed by atoms with van der Waals surface area (Å²) in [5, 5.41) is 6.33. The van der Waals surface area contributed by atoms with Gasteiger partial charge in [-0.3, -0.25) is 19.2 Å². The van der Waals surface area contributed by atoms with Crippen molar-refractivity contribution in [1.29, 1.82) is 0 Å². The van der Waals surface area contributed by atoms with Crippen molar-refractivity contribution in [2.75, 3.05) is 69.2 Å². The van der Waals surface area contributed by atoms with Crippen molar-refractivity contribution < 1.29 is 9.53 Å². The SMILES string of the molecule is O=C(Nc1cnccc1N1CCNCC1)c1cccc(-n2c(=O)n(CCN3CCOCC3)c3ccccc32)n1. The fraction of sp³-hybridized carbons (Fsp3) is 0.357. The molecule has 5 heterocycles. The van der Waals surface area contributed by atoms with E-state index in [1.807, 2.05) is 30.3 Å². The number of ether oxygens (including phenoxy) is 1. The van der Waals surface area contributed by atoms with Crippen LogP contribution in [-0.4, -0.2) is 88.9 Å². The third-order valence-corrected chi connectivity index (χ3v) is 7.28. The summed E-state index contributed by atoms with van der Waals surface area (Å²) in [6.07, 6.45) is 3.39. The maximum absolute atomic E-state index is 13.7. The van der Waals surface area contributed by atoms with E-state index < -0.39 is 0 Å². The number of carbonyl (C=O) groups excluding carboxylic acids is 1. The Labute approximate surface area is 226 Å². The molecule has 2 aliphatic rings. The number of aromatic nitrogens is 4. The molecule has 6 rings (SSSR count). The summed E-state index contributed by atoms with van der Waals surface area (Å²) in [7, 11) is 0. The summed E-state index contributed by atoms with van der Waals surface area (Å²) in [6, 6.07) is 14.8. The Hall–Kier alpha value is -4.06. The number of hydrogen-bond acceptors (Lipinski definition) is 8. The van der Waals surface area contributed by atoms with Crippen LogP contribution in [0.4, 0.5) is 11.4 Å². The largest absolute Gasteiger partial charge is 0.379 e. The smallest absolute Gasteiger partial charge is 0.334 e. The van der Waals surface area contributed by atoms with Gasteiger partial charge in [0.05, 0.1) is 41.8 Å². The molecule has 3 aromatic heterocycles. The van der Waals surface area contributed by atoms with Gasteiger partial charge in [-0.15, -0.1) is 0 Å². The molecular weight excluding hydrogens is 496 g/mol. The lowest BCUT2D eigenvalue weighted by Gasteiger charge is -2.30. The molecule has 0 spiro atoms. The zero-order valence-corrected chi connectivity index (χ0v) is 21.8. The fourth-order valence-corrected chi connectivity index (χ4v) is 5.24. The first-order chi connectivity index (χ1) is 19.2. The van der Waals surface area contributed by atoms with Crippen molar-refractivity contribution in [3.63, 3.8) is 0 Å². The standard InChI is InChI=1S/C28H32N8O3/c37-27(32-22-20-30-9-8-23(22)34-12-10-29-11-13-34)21-4-3-7-26(31-21)36-25-6-2-1-5-24(25)35(28(36)38)15-14-33-16-18-39-19-17-33/h1-9,20,29H,10-19H2,(H,32,37). The molecule has 2 aliphatic heterocycles. The molecule has 1 amide bonds. The Morgan fingerprint density at radius 2 is 1.74 bits per heavy atom. The highest BCUT2D eigenvalue weighted by Gasteiger charge is 2.20. The van der Waals surface area contributed by atoms with Crippen LogP contribution in [0.1, 0.15) is 10.5 Å². The summed E-state index contributed by atoms with van der Waals surface area (Å²) in [5.41, 5.74) is 3.19. The van der Waals surface area contributed by atoms with Gasteiger partial charge in [-0.2, -0.15) is 0 Å². The molecule has 1 aromatic carbocycles. The molecule has 2 N–H and O–H groups in total. The van der Waals surface area contributed by atoms with Gasteiger partial charge in [-0.05, 0) is 30.3 Å². The molecule has 0 unspecified atom stereocenters. The van der Waals surface area contributed by atoms with Crippen molar-refractivity contribution in [3.05, 3.63) is 77.1 Å². The van der Waals surface area contributed by atoms with E-state index in [2.05, 4.69) is 30.4 Å². The van der Waals surface area contributed by atoms with Crippen LogP contribution in [0.3, 0.4) is 0 Å². The zero-order valence-electron chi connectivity index (χ0n) is 21.8. The predicted octanol–water partition coefficient (Wildman–Crippen LogP) is 1.58. The topological polar surface area (TPSA) is 110 Å². The minimum atomic E-state index is -0.356. The number of nitrogens with zero attached hydrogens (tertiary/aromatic N) is 6. The van der Waals surface area contributed by atoms with E-state index in [0.29, 0.717) is 31.3 Å². The van der Waals surface area contributed by atoms with Gasteiger partial charge >= 0.3 is 5.69 Å². The van der Waals surface area contributed by atoms with E-state index in [1.54, 1.807) is 39.7 Å². The van der Waals surface area contributed by atoms with Gasteiger partial charge in [0.2, 0.25) is 0 Å². The number of piperazine rings is 1. The second kappa shape index (κ2) is 11.4. The van der Waals surface area contributed by atoms with E-state index in [0.717, 1.165) is 62.5 Å². The van der Waals surface area contributed by atoms with Crippen LogP contribution in [0.2, 0.25) is 0 Å². The lowest BCUT2D eigenvalue weighted by molar-refractivity contribution is 0.0364. The van der Waals surface area contributed by atoms with Crippen molar-refractivity contribution >= 4 is 28.3 Å². The van der Waals surface area contributed by atoms with Gasteiger partial charge < -0.3 is 20.3 Å². The Morgan fingerprint density at radius 3 is 2.56 bits per heavy atom. The minimum absolute atomic E-state index is 0.178. The Bertz CT molecular complexity index is 1520. The number of pyridine rings is 2. The molecule has 2 fully saturated rings. The maximum Gasteiger partial charge on any atom is 0.334 e. The first kappa shape index (κ1) is 25.2. The maximum atomic E-state index is 13.7. The van der Waals surface area contributed by atoms with Crippen molar-refractivity contribution in [1.82, 2.24) is 29.3 Å². The van der Waals surface area contributed by atoms with Gasteiger partial charge in [-0.1, -0.05) is 18.2 Å². The van der Waals surface area contributed by atoms with Gasteiger partial charge in [0, 0.05) is 58.6 Å². The van der Waals surface area contributed by atoms with Gasteiger partial charge in [0.1, 0.15) is 11.5 Å². The van der Waals surface area contributed by atoms with Crippen LogP contribution in [0, 0.1) is 0 Å². The molecular formula is C28H32N8O3. The number of imidazole rings is 1. The van der Waals surface area contributed by atoms with Crippen molar-refractivity contribution in [2.45, 2.75) is 6.54 Å². The monoisotopic (exact) mass is 528 g/mol. The molecule has 0 bridgehead atoms. The van der Waals surface area contributed by atoms with Gasteiger partial charge in [0.25, 0.3) is 5.91 Å². The average molecular weight is 529 g/mol. The number of nitrogens with one attached hydrogen (secondary N) is 2. The zero-order chi connectivity index (χ0) is 26.6. The van der Waals surface area contributed by atoms with Crippen LogP contribution in [0.5, 0.6) is 0 Å². The summed E-state index contributed by atoms with van der Waals surface area (Å²) in [4.78, 5) is 40.4. The van der Waals surface area contributed by atoms with E-state index in [9.17, 15) is 9.59 Å². The summed E-state index contributed by atoms with van der Waals surface area (Å²) in [6.45, 7) is 7.92. The quantitative estimate of drug-likeness (QED) is 0.372. The van der Waals surface area contributed by atoms with Crippen LogP contribution >= 0.6 is 0 Å². The number of morpholine rings is 1. The van der Waals surface area contributed by atoms with Crippen LogP contribution in [0.25, 0.3) is 16.9 Å². The molecule has 11 heteroatoms. The second-order valence-electron chi connectivity index (χ2n) is 9.68. The third-order valence-electron chi connectivity index (χ3n) is 7.28. The van der Waals surface area contributed by atoms with Gasteiger partial charge in [-0.25, -0.2) is 14.3 Å². The Balaban J connectivity index is 1.28. The number of amides is 1. The van der Waals surface area contributed by atoms with Crippen LogP contribution < -0.4 is 21.2 Å². The summed E-state index contributed by atoms with van der Waals surface area (Å²) in [5.74, 6) is 0.0489. The first-order valence-electron chi connectivity index (χ1n) is 13.4. The van der Waals surface area contributed by atoms with Gasteiger partial charge in [0.15, 0.2) is 0 Å². The molecule has 0 atom stereocenters. The first-order valence-corrected chi connectivity index (χ1v) is 13.4. The summed E-state index contributed by atoms with van der Waals surface area (Å²) < 4.78 is 8.82. The molecule has 4 aromatic rings. The molecule has 0 saturated carbocycles. The van der Waals surface area contributed by atoms with Crippen LogP contribution in [-0.2, 0) is 11.3 Å². The number of benzene rings is 1. The third kappa shape index (κ3) is 5.29. The van der Waals surface area contributed by atoms with E-state index in [1.165, 1.54) is 0 Å².